The molecule has 0 N–H and O–H groups in total. The van der Waals surface area contributed by atoms with Gasteiger partial charge in [-0.25, -0.2) is 0 Å². The summed E-state index contributed by atoms with van der Waals surface area (Å²) in [5.74, 6) is 0. The Hall–Kier alpha value is -1.56. The third-order valence-electron chi connectivity index (χ3n) is 10.6. The van der Waals surface area contributed by atoms with Crippen molar-refractivity contribution in [1.82, 2.24) is 0 Å². The Bertz CT molecular complexity index is 1180. The number of hydrogen-bond acceptors (Lipinski definition) is 2. The first-order valence-electron chi connectivity index (χ1n) is 21.2. The Morgan fingerprint density at radius 2 is 0.640 bits per heavy atom. The van der Waals surface area contributed by atoms with Gasteiger partial charge in [0.05, 0.1) is 22.8 Å². The van der Waals surface area contributed by atoms with Crippen molar-refractivity contribution in [1.29, 1.82) is 0 Å². The number of hydrogen-bond donors (Lipinski definition) is 0. The van der Waals surface area contributed by atoms with Gasteiger partial charge in [0.2, 0.25) is 0 Å². The van der Waals surface area contributed by atoms with E-state index >= 15 is 0 Å². The van der Waals surface area contributed by atoms with Crippen LogP contribution in [0.4, 0.5) is 11.4 Å². The van der Waals surface area contributed by atoms with Crippen molar-refractivity contribution in [2.45, 2.75) is 215 Å². The van der Waals surface area contributed by atoms with Crippen LogP contribution in [0.3, 0.4) is 0 Å². The first kappa shape index (κ1) is 46.5. The molecule has 2 aromatic rings. The Labute approximate surface area is 325 Å². The van der Waals surface area contributed by atoms with E-state index in [0.717, 1.165) is 30.6 Å². The molecular weight excluding hydrogens is 699 g/mol. The van der Waals surface area contributed by atoms with Crippen LogP contribution < -0.4 is 0 Å². The quantitative estimate of drug-likeness (QED) is 0.0429. The van der Waals surface area contributed by atoms with Gasteiger partial charge < -0.3 is 0 Å². The minimum Gasteiger partial charge on any atom is -0.252 e. The second-order valence-corrected chi connectivity index (χ2v) is 15.3. The van der Waals surface area contributed by atoms with Crippen molar-refractivity contribution in [2.75, 3.05) is 0 Å². The zero-order valence-electron chi connectivity index (χ0n) is 33.8. The van der Waals surface area contributed by atoms with E-state index in [1.165, 1.54) is 188 Å². The molecule has 0 bridgehead atoms. The Kier molecular flexibility index (Phi) is 28.8. The van der Waals surface area contributed by atoms with Crippen molar-refractivity contribution in [2.24, 2.45) is 9.98 Å². The van der Waals surface area contributed by atoms with E-state index in [4.69, 9.17) is 9.98 Å². The molecule has 0 aliphatic rings. The number of rotatable bonds is 30. The SMILES string of the molecule is CCCCCCCCCCCCCCCCCCCCCCCCCC(=Nc1ccc(C)c(C)c1)C(CCCC)=Nc1ccc(C)c(C)c1.[Pd]. The molecule has 0 aromatic heterocycles. The zero-order chi connectivity index (χ0) is 35.4. The van der Waals surface area contributed by atoms with E-state index < -0.39 is 0 Å². The molecule has 50 heavy (non-hydrogen) atoms. The summed E-state index contributed by atoms with van der Waals surface area (Å²) in [6.45, 7) is 13.3. The van der Waals surface area contributed by atoms with Crippen molar-refractivity contribution in [3.05, 3.63) is 58.7 Å². The maximum atomic E-state index is 5.26. The smallest absolute Gasteiger partial charge is 0.0636 e. The number of nitrogens with zero attached hydrogens (tertiary/aromatic N) is 2. The second-order valence-electron chi connectivity index (χ2n) is 15.3. The van der Waals surface area contributed by atoms with E-state index in [1.54, 1.807) is 0 Å². The molecule has 3 heteroatoms. The zero-order valence-corrected chi connectivity index (χ0v) is 35.3. The first-order valence-corrected chi connectivity index (χ1v) is 21.2. The minimum atomic E-state index is 0. The molecule has 0 spiro atoms. The molecule has 2 aromatic carbocycles. The van der Waals surface area contributed by atoms with Crippen molar-refractivity contribution in [3.63, 3.8) is 0 Å². The number of aliphatic imine (C=N–C) groups is 2. The Morgan fingerprint density at radius 3 is 0.940 bits per heavy atom. The van der Waals surface area contributed by atoms with Gasteiger partial charge in [-0.15, -0.1) is 0 Å². The van der Waals surface area contributed by atoms with Crippen molar-refractivity contribution in [3.8, 4) is 0 Å². The summed E-state index contributed by atoms with van der Waals surface area (Å²) in [6, 6.07) is 13.2. The van der Waals surface area contributed by atoms with Crippen LogP contribution in [-0.4, -0.2) is 11.4 Å². The van der Waals surface area contributed by atoms with Crippen LogP contribution in [0.15, 0.2) is 46.4 Å². The van der Waals surface area contributed by atoms with E-state index in [-0.39, 0.29) is 20.4 Å². The molecular formula is C47H78N2Pd. The molecule has 0 saturated heterocycles. The van der Waals surface area contributed by atoms with Crippen LogP contribution in [0.2, 0.25) is 0 Å². The minimum absolute atomic E-state index is 0. The van der Waals surface area contributed by atoms with Crippen LogP contribution in [0.25, 0.3) is 0 Å². The number of aryl methyl sites for hydroxylation is 4. The molecule has 0 saturated carbocycles. The van der Waals surface area contributed by atoms with E-state index in [2.05, 4.69) is 77.9 Å². The normalized spacial score (nSPS) is 12.0. The predicted octanol–water partition coefficient (Wildman–Crippen LogP) is 16.3. The van der Waals surface area contributed by atoms with Gasteiger partial charge in [-0.3, -0.25) is 9.98 Å². The van der Waals surface area contributed by atoms with E-state index in [1.807, 2.05) is 0 Å². The molecule has 0 heterocycles. The monoisotopic (exact) mass is 777 g/mol. The van der Waals surface area contributed by atoms with Gasteiger partial charge in [-0.1, -0.05) is 174 Å². The molecule has 0 aliphatic heterocycles. The predicted molar refractivity (Wildman–Crippen MR) is 222 cm³/mol. The van der Waals surface area contributed by atoms with Crippen LogP contribution in [0.5, 0.6) is 0 Å². The molecule has 286 valence electrons. The van der Waals surface area contributed by atoms with Gasteiger partial charge in [-0.2, -0.15) is 0 Å². The second kappa shape index (κ2) is 31.0. The fourth-order valence-electron chi connectivity index (χ4n) is 6.85. The van der Waals surface area contributed by atoms with Gasteiger partial charge in [0.25, 0.3) is 0 Å². The van der Waals surface area contributed by atoms with Crippen LogP contribution in [0, 0.1) is 27.7 Å². The molecule has 2 nitrogen and oxygen atoms in total. The number of benzene rings is 2. The van der Waals surface area contributed by atoms with Gasteiger partial charge in [-0.05, 0) is 99.9 Å². The standard InChI is InChI=1S/C47H78N2.Pd/c1-7-9-11-12-13-14-15-16-17-18-19-20-21-22-23-24-25-26-27-28-29-30-31-33-47(49-45-37-35-41(4)43(6)39-45)46(32-10-8-2)48-44-36-34-40(3)42(5)38-44;/h34-39H,7-33H2,1-6H3;. The molecule has 0 amide bonds. The van der Waals surface area contributed by atoms with Gasteiger partial charge in [0, 0.05) is 20.4 Å². The van der Waals surface area contributed by atoms with Crippen molar-refractivity contribution >= 4 is 22.8 Å². The molecule has 0 fully saturated rings. The van der Waals surface area contributed by atoms with E-state index in [9.17, 15) is 0 Å². The molecule has 0 aliphatic carbocycles. The van der Waals surface area contributed by atoms with E-state index in [0.29, 0.717) is 0 Å². The summed E-state index contributed by atoms with van der Waals surface area (Å²) >= 11 is 0. The van der Waals surface area contributed by atoms with Gasteiger partial charge >= 0.3 is 0 Å². The Morgan fingerprint density at radius 1 is 0.360 bits per heavy atom. The third kappa shape index (κ3) is 22.4. The number of unbranched alkanes of at least 4 members (excludes halogenated alkanes) is 23. The van der Waals surface area contributed by atoms with Crippen LogP contribution >= 0.6 is 0 Å². The average molecular weight is 778 g/mol. The molecule has 0 atom stereocenters. The fourth-order valence-corrected chi connectivity index (χ4v) is 6.85. The molecule has 0 radical (unpaired) electrons. The van der Waals surface area contributed by atoms with Crippen LogP contribution in [-0.2, 0) is 20.4 Å². The maximum absolute atomic E-state index is 5.26. The summed E-state index contributed by atoms with van der Waals surface area (Å²) in [5, 5.41) is 0. The van der Waals surface area contributed by atoms with Gasteiger partial charge in [0.15, 0.2) is 0 Å². The fraction of sp³-hybridized carbons (Fsp3) is 0.702. The summed E-state index contributed by atoms with van der Waals surface area (Å²) < 4.78 is 0. The topological polar surface area (TPSA) is 24.7 Å². The summed E-state index contributed by atoms with van der Waals surface area (Å²) in [4.78, 5) is 10.5. The third-order valence-corrected chi connectivity index (χ3v) is 10.6. The molecule has 0 unspecified atom stereocenters. The first-order chi connectivity index (χ1) is 23.9. The largest absolute Gasteiger partial charge is 0.252 e. The summed E-state index contributed by atoms with van der Waals surface area (Å²) in [5.41, 5.74) is 9.76. The van der Waals surface area contributed by atoms with Crippen LogP contribution in [0.1, 0.15) is 209 Å². The molecule has 2 rings (SSSR count). The maximum Gasteiger partial charge on any atom is 0.0636 e. The van der Waals surface area contributed by atoms with Gasteiger partial charge in [0.1, 0.15) is 0 Å². The van der Waals surface area contributed by atoms with Crippen molar-refractivity contribution < 1.29 is 20.4 Å². The summed E-state index contributed by atoms with van der Waals surface area (Å²) in [7, 11) is 0. The average Bonchev–Trinajstić information content (AvgIpc) is 3.09. The summed E-state index contributed by atoms with van der Waals surface area (Å²) in [6.07, 6.45) is 37.1. The Balaban J connectivity index is 0.0000125.